The van der Waals surface area contributed by atoms with E-state index in [0.717, 1.165) is 13.1 Å². The van der Waals surface area contributed by atoms with Crippen molar-refractivity contribution in [1.82, 2.24) is 10.6 Å². The van der Waals surface area contributed by atoms with Gasteiger partial charge in [-0.1, -0.05) is 18.5 Å². The van der Waals surface area contributed by atoms with Gasteiger partial charge in [0.2, 0.25) is 11.8 Å². The molecule has 7 heteroatoms. The highest BCUT2D eigenvalue weighted by molar-refractivity contribution is 6.31. The first-order chi connectivity index (χ1) is 11.0. The maximum absolute atomic E-state index is 12.0. The van der Waals surface area contributed by atoms with E-state index in [0.29, 0.717) is 28.9 Å². The summed E-state index contributed by atoms with van der Waals surface area (Å²) in [4.78, 5) is 23.9. The minimum atomic E-state index is -0.205. The van der Waals surface area contributed by atoms with E-state index in [4.69, 9.17) is 16.3 Å². The second kappa shape index (κ2) is 8.17. The van der Waals surface area contributed by atoms with Gasteiger partial charge in [0.15, 0.2) is 0 Å². The predicted molar refractivity (Wildman–Crippen MR) is 89.8 cm³/mol. The lowest BCUT2D eigenvalue weighted by Crippen LogP contribution is -2.49. The minimum Gasteiger partial charge on any atom is -0.495 e. The van der Waals surface area contributed by atoms with E-state index in [2.05, 4.69) is 16.0 Å². The number of benzene rings is 1. The maximum Gasteiger partial charge on any atom is 0.226 e. The summed E-state index contributed by atoms with van der Waals surface area (Å²) >= 11 is 5.92. The van der Waals surface area contributed by atoms with Gasteiger partial charge < -0.3 is 20.7 Å². The Morgan fingerprint density at radius 3 is 2.78 bits per heavy atom. The minimum absolute atomic E-state index is 0.00960. The average Bonchev–Trinajstić information content (AvgIpc) is 2.45. The molecule has 6 nitrogen and oxygen atoms in total. The monoisotopic (exact) mass is 339 g/mol. The molecule has 0 radical (unpaired) electrons. The Balaban J connectivity index is 1.77. The van der Waals surface area contributed by atoms with Crippen LogP contribution in [0.5, 0.6) is 5.75 Å². The number of ether oxygens (including phenoxy) is 1. The molecular formula is C16H22ClN3O3. The van der Waals surface area contributed by atoms with Gasteiger partial charge in [-0.2, -0.15) is 0 Å². The van der Waals surface area contributed by atoms with Crippen LogP contribution >= 0.6 is 11.6 Å². The highest BCUT2D eigenvalue weighted by Gasteiger charge is 2.28. The van der Waals surface area contributed by atoms with Gasteiger partial charge in [0.25, 0.3) is 0 Å². The fourth-order valence-corrected chi connectivity index (χ4v) is 2.50. The van der Waals surface area contributed by atoms with Crippen LogP contribution in [0.4, 0.5) is 5.69 Å². The SMILES string of the molecule is COc1ccc(Cl)cc1NC(=O)CCNC(=O)C(C)C1CNC1. The molecule has 1 aliphatic rings. The third kappa shape index (κ3) is 4.84. The molecule has 126 valence electrons. The molecule has 1 aliphatic heterocycles. The molecule has 0 spiro atoms. The van der Waals surface area contributed by atoms with Crippen molar-refractivity contribution in [1.29, 1.82) is 0 Å². The van der Waals surface area contributed by atoms with Crippen LogP contribution in [0, 0.1) is 11.8 Å². The van der Waals surface area contributed by atoms with Crippen molar-refractivity contribution in [2.24, 2.45) is 11.8 Å². The Morgan fingerprint density at radius 2 is 2.17 bits per heavy atom. The largest absolute Gasteiger partial charge is 0.495 e. The lowest BCUT2D eigenvalue weighted by atomic mass is 9.88. The Bertz CT molecular complexity index is 576. The topological polar surface area (TPSA) is 79.5 Å². The molecule has 2 amide bonds. The van der Waals surface area contributed by atoms with E-state index < -0.39 is 0 Å². The molecular weight excluding hydrogens is 318 g/mol. The fraction of sp³-hybridized carbons (Fsp3) is 0.500. The van der Waals surface area contributed by atoms with Gasteiger partial charge in [0.1, 0.15) is 5.75 Å². The second-order valence-electron chi connectivity index (χ2n) is 5.64. The van der Waals surface area contributed by atoms with E-state index in [-0.39, 0.29) is 24.2 Å². The summed E-state index contributed by atoms with van der Waals surface area (Å²) in [7, 11) is 1.52. The molecule has 0 aliphatic carbocycles. The van der Waals surface area contributed by atoms with Crippen molar-refractivity contribution in [3.8, 4) is 5.75 Å². The van der Waals surface area contributed by atoms with Crippen LogP contribution in [0.15, 0.2) is 18.2 Å². The van der Waals surface area contributed by atoms with Crippen molar-refractivity contribution >= 4 is 29.1 Å². The number of carbonyl (C=O) groups excluding carboxylic acids is 2. The van der Waals surface area contributed by atoms with Crippen LogP contribution < -0.4 is 20.7 Å². The molecule has 1 aromatic carbocycles. The number of amides is 2. The smallest absolute Gasteiger partial charge is 0.226 e. The number of nitrogens with one attached hydrogen (secondary N) is 3. The number of rotatable bonds is 7. The summed E-state index contributed by atoms with van der Waals surface area (Å²) in [6.45, 7) is 3.98. The number of anilines is 1. The summed E-state index contributed by atoms with van der Waals surface area (Å²) in [6, 6.07) is 5.00. The Kier molecular flexibility index (Phi) is 6.24. The second-order valence-corrected chi connectivity index (χ2v) is 6.08. The molecule has 0 bridgehead atoms. The number of hydrogen-bond donors (Lipinski definition) is 3. The summed E-state index contributed by atoms with van der Waals surface area (Å²) in [5, 5.41) is 9.20. The van der Waals surface area contributed by atoms with Crippen molar-refractivity contribution in [2.45, 2.75) is 13.3 Å². The lowest BCUT2D eigenvalue weighted by Gasteiger charge is -2.31. The predicted octanol–water partition coefficient (Wildman–Crippen LogP) is 1.65. The molecule has 1 saturated heterocycles. The molecule has 1 heterocycles. The zero-order valence-electron chi connectivity index (χ0n) is 13.3. The summed E-state index contributed by atoms with van der Waals surface area (Å²) in [6.07, 6.45) is 0.192. The first-order valence-electron chi connectivity index (χ1n) is 7.63. The molecule has 0 aromatic heterocycles. The van der Waals surface area contributed by atoms with Crippen LogP contribution in [0.25, 0.3) is 0 Å². The highest BCUT2D eigenvalue weighted by Crippen LogP contribution is 2.27. The molecule has 1 fully saturated rings. The normalized spacial score (nSPS) is 15.4. The summed E-state index contributed by atoms with van der Waals surface area (Å²) < 4.78 is 5.17. The zero-order chi connectivity index (χ0) is 16.8. The van der Waals surface area contributed by atoms with E-state index in [9.17, 15) is 9.59 Å². The molecule has 23 heavy (non-hydrogen) atoms. The summed E-state index contributed by atoms with van der Waals surface area (Å²) in [5.74, 6) is 0.679. The van der Waals surface area contributed by atoms with Gasteiger partial charge in [-0.05, 0) is 37.2 Å². The number of carbonyl (C=O) groups is 2. The van der Waals surface area contributed by atoms with Crippen LogP contribution in [0.2, 0.25) is 5.02 Å². The van der Waals surface area contributed by atoms with Crippen LogP contribution in [0.1, 0.15) is 13.3 Å². The summed E-state index contributed by atoms with van der Waals surface area (Å²) in [5.41, 5.74) is 0.519. The van der Waals surface area contributed by atoms with Gasteiger partial charge in [-0.3, -0.25) is 9.59 Å². The molecule has 3 N–H and O–H groups in total. The molecule has 0 saturated carbocycles. The highest BCUT2D eigenvalue weighted by atomic mass is 35.5. The third-order valence-corrected chi connectivity index (χ3v) is 4.26. The van der Waals surface area contributed by atoms with Crippen molar-refractivity contribution in [2.75, 3.05) is 32.1 Å². The van der Waals surface area contributed by atoms with Gasteiger partial charge in [0, 0.05) is 23.9 Å². The van der Waals surface area contributed by atoms with E-state index in [1.54, 1.807) is 18.2 Å². The van der Waals surface area contributed by atoms with Crippen LogP contribution in [0.3, 0.4) is 0 Å². The number of methoxy groups -OCH3 is 1. The first-order valence-corrected chi connectivity index (χ1v) is 8.01. The number of halogens is 1. The average molecular weight is 340 g/mol. The lowest BCUT2D eigenvalue weighted by molar-refractivity contribution is -0.126. The fourth-order valence-electron chi connectivity index (χ4n) is 2.33. The van der Waals surface area contributed by atoms with Crippen molar-refractivity contribution < 1.29 is 14.3 Å². The molecule has 1 atom stereocenters. The van der Waals surface area contributed by atoms with Crippen molar-refractivity contribution in [3.63, 3.8) is 0 Å². The van der Waals surface area contributed by atoms with Gasteiger partial charge in [-0.15, -0.1) is 0 Å². The molecule has 1 aromatic rings. The third-order valence-electron chi connectivity index (χ3n) is 4.02. The Hall–Kier alpha value is -1.79. The van der Waals surface area contributed by atoms with Crippen molar-refractivity contribution in [3.05, 3.63) is 23.2 Å². The van der Waals surface area contributed by atoms with E-state index >= 15 is 0 Å². The maximum atomic E-state index is 12.0. The van der Waals surface area contributed by atoms with E-state index in [1.165, 1.54) is 7.11 Å². The van der Waals surface area contributed by atoms with Gasteiger partial charge in [-0.25, -0.2) is 0 Å². The quantitative estimate of drug-likeness (QED) is 0.705. The van der Waals surface area contributed by atoms with Crippen LogP contribution in [-0.2, 0) is 9.59 Å². The standard InChI is InChI=1S/C16H22ClN3O3/c1-10(11-8-18-9-11)16(22)19-6-5-15(21)20-13-7-12(17)3-4-14(13)23-2/h3-4,7,10-11,18H,5-6,8-9H2,1-2H3,(H,19,22)(H,20,21). The van der Waals surface area contributed by atoms with E-state index in [1.807, 2.05) is 6.92 Å². The number of hydrogen-bond acceptors (Lipinski definition) is 4. The van der Waals surface area contributed by atoms with Gasteiger partial charge >= 0.3 is 0 Å². The molecule has 2 rings (SSSR count). The molecule has 1 unspecified atom stereocenters. The Labute approximate surface area is 140 Å². The first kappa shape index (κ1) is 17.6. The zero-order valence-corrected chi connectivity index (χ0v) is 14.1. The Morgan fingerprint density at radius 1 is 1.43 bits per heavy atom. The van der Waals surface area contributed by atoms with Gasteiger partial charge in [0.05, 0.1) is 12.8 Å². The van der Waals surface area contributed by atoms with Crippen LogP contribution in [-0.4, -0.2) is 38.6 Å².